The van der Waals surface area contributed by atoms with Gasteiger partial charge < -0.3 is 14.8 Å². The van der Waals surface area contributed by atoms with Crippen molar-refractivity contribution in [1.29, 1.82) is 0 Å². The predicted molar refractivity (Wildman–Crippen MR) is 125 cm³/mol. The van der Waals surface area contributed by atoms with Crippen molar-refractivity contribution in [1.82, 2.24) is 9.47 Å². The zero-order chi connectivity index (χ0) is 22.7. The van der Waals surface area contributed by atoms with Crippen LogP contribution in [-0.4, -0.2) is 33.7 Å². The third kappa shape index (κ3) is 2.79. The number of nitrogens with one attached hydrogen (secondary N) is 1. The van der Waals surface area contributed by atoms with E-state index in [2.05, 4.69) is 5.32 Å². The van der Waals surface area contributed by atoms with Crippen molar-refractivity contribution in [2.24, 2.45) is 7.05 Å². The highest BCUT2D eigenvalue weighted by Gasteiger charge is 2.48. The van der Waals surface area contributed by atoms with Crippen molar-refractivity contribution >= 4 is 40.0 Å². The number of hydrogen-bond acceptors (Lipinski definition) is 3. The molecule has 0 bridgehead atoms. The maximum absolute atomic E-state index is 13.5. The van der Waals surface area contributed by atoms with Crippen molar-refractivity contribution in [2.45, 2.75) is 6.17 Å². The normalized spacial score (nSPS) is 16.6. The zero-order valence-electron chi connectivity index (χ0n) is 17.9. The molecule has 1 N–H and O–H groups in total. The SMILES string of the molecule is Cn1ccc2c(NC(=O)CN3C(=O)c4ccccc4N4C(=O)c5ccccc5[C@@H]34)cccc21. The molecule has 2 aliphatic rings. The van der Waals surface area contributed by atoms with Crippen LogP contribution in [0.3, 0.4) is 0 Å². The first kappa shape index (κ1) is 19.3. The van der Waals surface area contributed by atoms with Crippen molar-refractivity contribution < 1.29 is 14.4 Å². The molecule has 7 heteroatoms. The molecule has 0 radical (unpaired) electrons. The van der Waals surface area contributed by atoms with Crippen LogP contribution in [0.15, 0.2) is 79.0 Å². The number of carbonyl (C=O) groups excluding carboxylic acids is 3. The van der Waals surface area contributed by atoms with Crippen LogP contribution in [-0.2, 0) is 11.8 Å². The summed E-state index contributed by atoms with van der Waals surface area (Å²) in [4.78, 5) is 43.0. The van der Waals surface area contributed by atoms with Crippen LogP contribution < -0.4 is 10.2 Å². The monoisotopic (exact) mass is 436 g/mol. The summed E-state index contributed by atoms with van der Waals surface area (Å²) < 4.78 is 1.98. The molecule has 3 amide bonds. The molecule has 2 aliphatic heterocycles. The molecule has 0 unspecified atom stereocenters. The lowest BCUT2D eigenvalue weighted by Gasteiger charge is -2.40. The molecule has 0 saturated heterocycles. The summed E-state index contributed by atoms with van der Waals surface area (Å²) in [6.45, 7) is -0.181. The molecular weight excluding hydrogens is 416 g/mol. The first-order chi connectivity index (χ1) is 16.0. The predicted octanol–water partition coefficient (Wildman–Crippen LogP) is 3.93. The largest absolute Gasteiger partial charge is 0.350 e. The Hall–Kier alpha value is -4.39. The van der Waals surface area contributed by atoms with Gasteiger partial charge >= 0.3 is 0 Å². The Kier molecular flexibility index (Phi) is 4.13. The number of carbonyl (C=O) groups is 3. The van der Waals surface area contributed by atoms with Gasteiger partial charge in [-0.3, -0.25) is 19.3 Å². The van der Waals surface area contributed by atoms with Crippen molar-refractivity contribution in [3.63, 3.8) is 0 Å². The summed E-state index contributed by atoms with van der Waals surface area (Å²) in [5.74, 6) is -0.768. The molecule has 7 nitrogen and oxygen atoms in total. The van der Waals surface area contributed by atoms with Gasteiger partial charge in [0.2, 0.25) is 5.91 Å². The van der Waals surface area contributed by atoms with Gasteiger partial charge in [-0.1, -0.05) is 36.4 Å². The second kappa shape index (κ2) is 7.06. The minimum absolute atomic E-state index is 0.171. The summed E-state index contributed by atoms with van der Waals surface area (Å²) in [5.41, 5.74) is 3.93. The van der Waals surface area contributed by atoms with Gasteiger partial charge in [-0.05, 0) is 36.4 Å². The molecule has 1 aromatic heterocycles. The van der Waals surface area contributed by atoms with E-state index in [0.717, 1.165) is 16.5 Å². The molecule has 0 aliphatic carbocycles. The second-order valence-corrected chi connectivity index (χ2v) is 8.30. The average molecular weight is 436 g/mol. The second-order valence-electron chi connectivity index (χ2n) is 8.30. The molecule has 4 aromatic rings. The number of amides is 3. The standard InChI is InChI=1S/C26H20N4O3/c1-28-14-13-18-20(10-6-12-21(18)28)27-23(31)15-29-24-16-7-2-3-8-17(16)26(33)30(24)22-11-5-4-9-19(22)25(29)32/h2-14,24H,15H2,1H3,(H,27,31)/t24-/m0/s1. The Balaban J connectivity index is 1.38. The summed E-state index contributed by atoms with van der Waals surface area (Å²) in [5, 5.41) is 3.88. The number of benzene rings is 3. The first-order valence-corrected chi connectivity index (χ1v) is 10.7. The quantitative estimate of drug-likeness (QED) is 0.529. The van der Waals surface area contributed by atoms with Gasteiger partial charge in [0, 0.05) is 35.3 Å². The van der Waals surface area contributed by atoms with Crippen LogP contribution in [0.1, 0.15) is 32.4 Å². The van der Waals surface area contributed by atoms with E-state index in [1.54, 1.807) is 35.2 Å². The minimum Gasteiger partial charge on any atom is -0.350 e. The topological polar surface area (TPSA) is 74.7 Å². The minimum atomic E-state index is -0.658. The van der Waals surface area contributed by atoms with Gasteiger partial charge in [0.25, 0.3) is 11.8 Å². The number of hydrogen-bond donors (Lipinski definition) is 1. The fourth-order valence-electron chi connectivity index (χ4n) is 4.89. The van der Waals surface area contributed by atoms with Crippen LogP contribution >= 0.6 is 0 Å². The smallest absolute Gasteiger partial charge is 0.260 e. The maximum Gasteiger partial charge on any atom is 0.260 e. The van der Waals surface area contributed by atoms with Gasteiger partial charge in [0.05, 0.1) is 16.9 Å². The van der Waals surface area contributed by atoms with E-state index in [-0.39, 0.29) is 24.3 Å². The lowest BCUT2D eigenvalue weighted by atomic mass is 10.0. The number of nitrogens with zero attached hydrogens (tertiary/aromatic N) is 3. The third-order valence-electron chi connectivity index (χ3n) is 6.40. The van der Waals surface area contributed by atoms with Gasteiger partial charge in [-0.15, -0.1) is 0 Å². The summed E-state index contributed by atoms with van der Waals surface area (Å²) >= 11 is 0. The van der Waals surface area contributed by atoms with E-state index in [1.165, 1.54) is 4.90 Å². The highest BCUT2D eigenvalue weighted by atomic mass is 16.2. The lowest BCUT2D eigenvalue weighted by Crippen LogP contribution is -2.50. The fraction of sp³-hybridized carbons (Fsp3) is 0.115. The molecule has 33 heavy (non-hydrogen) atoms. The Bertz CT molecular complexity index is 1470. The van der Waals surface area contributed by atoms with Gasteiger partial charge in [0.15, 0.2) is 0 Å². The first-order valence-electron chi connectivity index (χ1n) is 10.7. The molecular formula is C26H20N4O3. The molecule has 3 aromatic carbocycles. The van der Waals surface area contributed by atoms with E-state index in [1.807, 2.05) is 60.3 Å². The van der Waals surface area contributed by atoms with E-state index in [0.29, 0.717) is 22.5 Å². The van der Waals surface area contributed by atoms with E-state index in [4.69, 9.17) is 0 Å². The molecule has 6 rings (SSSR count). The lowest BCUT2D eigenvalue weighted by molar-refractivity contribution is -0.117. The van der Waals surface area contributed by atoms with Gasteiger partial charge in [0.1, 0.15) is 12.7 Å². The van der Waals surface area contributed by atoms with Crippen LogP contribution in [0.4, 0.5) is 11.4 Å². The summed E-state index contributed by atoms with van der Waals surface area (Å²) in [7, 11) is 1.95. The van der Waals surface area contributed by atoms with Crippen molar-refractivity contribution in [3.05, 3.63) is 95.7 Å². The van der Waals surface area contributed by atoms with Gasteiger partial charge in [-0.25, -0.2) is 0 Å². The van der Waals surface area contributed by atoms with Crippen LogP contribution in [0.25, 0.3) is 10.9 Å². The van der Waals surface area contributed by atoms with E-state index in [9.17, 15) is 14.4 Å². The number of fused-ring (bicyclic) bond motifs is 6. The van der Waals surface area contributed by atoms with Gasteiger partial charge in [-0.2, -0.15) is 0 Å². The molecule has 0 saturated carbocycles. The zero-order valence-corrected chi connectivity index (χ0v) is 17.9. The Morgan fingerprint density at radius 3 is 2.48 bits per heavy atom. The van der Waals surface area contributed by atoms with Crippen molar-refractivity contribution in [2.75, 3.05) is 16.8 Å². The highest BCUT2D eigenvalue weighted by Crippen LogP contribution is 2.45. The fourth-order valence-corrected chi connectivity index (χ4v) is 4.89. The Morgan fingerprint density at radius 2 is 1.64 bits per heavy atom. The van der Waals surface area contributed by atoms with Crippen LogP contribution in [0.2, 0.25) is 0 Å². The third-order valence-corrected chi connectivity index (χ3v) is 6.40. The Labute approximate surface area is 189 Å². The van der Waals surface area contributed by atoms with Crippen LogP contribution in [0, 0.1) is 0 Å². The number of rotatable bonds is 3. The highest BCUT2D eigenvalue weighted by molar-refractivity contribution is 6.17. The number of anilines is 2. The molecule has 0 spiro atoms. The number of aryl methyl sites for hydroxylation is 1. The average Bonchev–Trinajstić information content (AvgIpc) is 3.35. The number of para-hydroxylation sites is 1. The molecule has 162 valence electrons. The van der Waals surface area contributed by atoms with E-state index < -0.39 is 6.17 Å². The van der Waals surface area contributed by atoms with Crippen molar-refractivity contribution in [3.8, 4) is 0 Å². The maximum atomic E-state index is 13.5. The van der Waals surface area contributed by atoms with Crippen LogP contribution in [0.5, 0.6) is 0 Å². The summed E-state index contributed by atoms with van der Waals surface area (Å²) in [6.07, 6.45) is 1.28. The Morgan fingerprint density at radius 1 is 0.879 bits per heavy atom. The van der Waals surface area contributed by atoms with E-state index >= 15 is 0 Å². The molecule has 3 heterocycles. The summed E-state index contributed by atoms with van der Waals surface area (Å²) in [6, 6.07) is 21.9. The molecule has 1 atom stereocenters. The number of aromatic nitrogens is 1. The molecule has 0 fully saturated rings.